The van der Waals surface area contributed by atoms with E-state index in [9.17, 15) is 4.79 Å². The molecule has 0 spiro atoms. The van der Waals surface area contributed by atoms with Gasteiger partial charge in [0.15, 0.2) is 0 Å². The number of halogens is 1. The summed E-state index contributed by atoms with van der Waals surface area (Å²) in [5.41, 5.74) is 1.57. The Morgan fingerprint density at radius 3 is 2.93 bits per heavy atom. The molecule has 0 saturated heterocycles. The molecular weight excluding hydrogens is 216 g/mol. The highest BCUT2D eigenvalue weighted by atomic mass is 35.5. The van der Waals surface area contributed by atoms with Crippen LogP contribution in [0.5, 0.6) is 0 Å². The fraction of sp³-hybridized carbons (Fsp3) is 0.182. The molecule has 0 aliphatic carbocycles. The summed E-state index contributed by atoms with van der Waals surface area (Å²) in [5, 5.41) is 10.1. The monoisotopic (exact) mass is 224 g/mol. The zero-order valence-corrected chi connectivity index (χ0v) is 8.62. The summed E-state index contributed by atoms with van der Waals surface area (Å²) >= 11 is 6.01. The van der Waals surface area contributed by atoms with Gasteiger partial charge in [-0.15, -0.1) is 0 Å². The summed E-state index contributed by atoms with van der Waals surface area (Å²) in [6, 6.07) is 5.31. The fourth-order valence-corrected chi connectivity index (χ4v) is 1.82. The smallest absolute Gasteiger partial charge is 0.303 e. The molecule has 0 aliphatic heterocycles. The predicted molar refractivity (Wildman–Crippen MR) is 57.2 cm³/mol. The average Bonchev–Trinajstić information content (AvgIpc) is 2.63. The number of aryl methyl sites for hydroxylation is 1. The van der Waals surface area contributed by atoms with Gasteiger partial charge in [-0.25, -0.2) is 0 Å². The largest absolute Gasteiger partial charge is 0.481 e. The summed E-state index contributed by atoms with van der Waals surface area (Å²) in [6.45, 7) is 0. The van der Waals surface area contributed by atoms with Crippen molar-refractivity contribution in [3.05, 3.63) is 35.0 Å². The van der Waals surface area contributed by atoms with E-state index in [1.165, 1.54) is 0 Å². The summed E-state index contributed by atoms with van der Waals surface area (Å²) in [5.74, 6) is -0.827. The van der Waals surface area contributed by atoms with Gasteiger partial charge in [0.25, 0.3) is 0 Å². The van der Waals surface area contributed by atoms with Gasteiger partial charge in [-0.1, -0.05) is 11.6 Å². The van der Waals surface area contributed by atoms with Crippen LogP contribution in [0.4, 0.5) is 0 Å². The second-order valence-electron chi connectivity index (χ2n) is 3.25. The van der Waals surface area contributed by atoms with Crippen LogP contribution in [0.1, 0.15) is 12.0 Å². The fourth-order valence-electron chi connectivity index (χ4n) is 1.56. The van der Waals surface area contributed by atoms with Crippen LogP contribution >= 0.6 is 11.6 Å². The molecule has 1 heterocycles. The Hall–Kier alpha value is -1.48. The quantitative estimate of drug-likeness (QED) is 0.872. The van der Waals surface area contributed by atoms with Crippen molar-refractivity contribution >= 4 is 28.5 Å². The lowest BCUT2D eigenvalue weighted by Gasteiger charge is -2.03. The Bertz CT molecular complexity index is 502. The Morgan fingerprint density at radius 2 is 2.20 bits per heavy atom. The van der Waals surface area contributed by atoms with E-state index in [0.717, 1.165) is 16.5 Å². The van der Waals surface area contributed by atoms with Gasteiger partial charge in [-0.05, 0) is 30.2 Å². The van der Waals surface area contributed by atoms with Gasteiger partial charge >= 0.3 is 5.97 Å². The van der Waals surface area contributed by atoms with Gasteiger partial charge in [0.05, 0.1) is 6.26 Å². The zero-order valence-electron chi connectivity index (χ0n) is 7.87. The molecule has 0 amide bonds. The maximum atomic E-state index is 10.5. The normalized spacial score (nSPS) is 10.7. The van der Waals surface area contributed by atoms with Crippen LogP contribution in [0.3, 0.4) is 0 Å². The molecule has 1 N–H and O–H groups in total. The van der Waals surface area contributed by atoms with Crippen LogP contribution in [0.2, 0.25) is 5.02 Å². The summed E-state index contributed by atoms with van der Waals surface area (Å²) < 4.78 is 5.21. The molecule has 1 aromatic carbocycles. The predicted octanol–water partition coefficient (Wildman–Crippen LogP) is 3.10. The molecule has 15 heavy (non-hydrogen) atoms. The molecule has 2 rings (SSSR count). The van der Waals surface area contributed by atoms with Gasteiger partial charge in [-0.3, -0.25) is 4.79 Å². The lowest BCUT2D eigenvalue weighted by Crippen LogP contribution is -1.98. The first-order chi connectivity index (χ1) is 7.18. The van der Waals surface area contributed by atoms with Crippen LogP contribution in [-0.4, -0.2) is 11.1 Å². The van der Waals surface area contributed by atoms with E-state index >= 15 is 0 Å². The third-order valence-corrected chi connectivity index (χ3v) is 2.63. The second-order valence-corrected chi connectivity index (χ2v) is 3.66. The van der Waals surface area contributed by atoms with Crippen molar-refractivity contribution in [3.63, 3.8) is 0 Å². The molecule has 1 aromatic heterocycles. The third kappa shape index (κ3) is 1.97. The number of hydrogen-bond acceptors (Lipinski definition) is 2. The van der Waals surface area contributed by atoms with E-state index in [1.807, 2.05) is 0 Å². The molecule has 0 saturated carbocycles. The molecule has 0 fully saturated rings. The summed E-state index contributed by atoms with van der Waals surface area (Å²) in [7, 11) is 0. The lowest BCUT2D eigenvalue weighted by atomic mass is 10.1. The number of aliphatic carboxylic acids is 1. The number of carboxylic acid groups (broad SMARTS) is 1. The second kappa shape index (κ2) is 3.95. The summed E-state index contributed by atoms with van der Waals surface area (Å²) in [4.78, 5) is 10.5. The molecule has 0 radical (unpaired) electrons. The highest BCUT2D eigenvalue weighted by Crippen LogP contribution is 2.27. The van der Waals surface area contributed by atoms with Crippen molar-refractivity contribution in [1.29, 1.82) is 0 Å². The van der Waals surface area contributed by atoms with Gasteiger partial charge < -0.3 is 9.52 Å². The van der Waals surface area contributed by atoms with E-state index in [4.69, 9.17) is 21.1 Å². The number of benzene rings is 1. The zero-order chi connectivity index (χ0) is 10.8. The third-order valence-electron chi connectivity index (χ3n) is 2.28. The van der Waals surface area contributed by atoms with Crippen LogP contribution < -0.4 is 0 Å². The maximum Gasteiger partial charge on any atom is 0.303 e. The number of carbonyl (C=O) groups is 1. The first-order valence-electron chi connectivity index (χ1n) is 4.55. The van der Waals surface area contributed by atoms with Gasteiger partial charge in [-0.2, -0.15) is 0 Å². The minimum Gasteiger partial charge on any atom is -0.481 e. The van der Waals surface area contributed by atoms with Crippen molar-refractivity contribution in [1.82, 2.24) is 0 Å². The SMILES string of the molecule is O=C(O)CCc1c(Cl)ccc2occc12. The van der Waals surface area contributed by atoms with E-state index in [-0.39, 0.29) is 6.42 Å². The Labute approximate surface area is 91.3 Å². The topological polar surface area (TPSA) is 50.4 Å². The Kier molecular flexibility index (Phi) is 2.64. The maximum absolute atomic E-state index is 10.5. The molecule has 2 aromatic rings. The summed E-state index contributed by atoms with van der Waals surface area (Å²) in [6.07, 6.45) is 2.07. The van der Waals surface area contributed by atoms with Crippen LogP contribution in [0, 0.1) is 0 Å². The number of furan rings is 1. The van der Waals surface area contributed by atoms with E-state index in [2.05, 4.69) is 0 Å². The van der Waals surface area contributed by atoms with Crippen LogP contribution in [-0.2, 0) is 11.2 Å². The van der Waals surface area contributed by atoms with Crippen LogP contribution in [0.15, 0.2) is 28.9 Å². The number of fused-ring (bicyclic) bond motifs is 1. The molecule has 78 valence electrons. The first-order valence-corrected chi connectivity index (χ1v) is 4.92. The highest BCUT2D eigenvalue weighted by molar-refractivity contribution is 6.32. The van der Waals surface area contributed by atoms with E-state index < -0.39 is 5.97 Å². The number of carboxylic acids is 1. The minimum atomic E-state index is -0.827. The molecule has 0 unspecified atom stereocenters. The van der Waals surface area contributed by atoms with Crippen molar-refractivity contribution in [2.45, 2.75) is 12.8 Å². The first kappa shape index (κ1) is 10.1. The molecule has 3 nitrogen and oxygen atoms in total. The van der Waals surface area contributed by atoms with Gasteiger partial charge in [0.1, 0.15) is 5.58 Å². The standard InChI is InChI=1S/C11H9ClO3/c12-9-2-3-10-8(5-6-15-10)7(9)1-4-11(13)14/h2-3,5-6H,1,4H2,(H,13,14). The van der Waals surface area contributed by atoms with Crippen molar-refractivity contribution in [2.24, 2.45) is 0 Å². The van der Waals surface area contributed by atoms with Crippen molar-refractivity contribution in [3.8, 4) is 0 Å². The Balaban J connectivity index is 2.42. The molecule has 0 bridgehead atoms. The van der Waals surface area contributed by atoms with Crippen molar-refractivity contribution < 1.29 is 14.3 Å². The van der Waals surface area contributed by atoms with Gasteiger partial charge in [0.2, 0.25) is 0 Å². The van der Waals surface area contributed by atoms with Crippen LogP contribution in [0.25, 0.3) is 11.0 Å². The highest BCUT2D eigenvalue weighted by Gasteiger charge is 2.09. The molecule has 4 heteroatoms. The number of hydrogen-bond donors (Lipinski definition) is 1. The van der Waals surface area contributed by atoms with Gasteiger partial charge in [0, 0.05) is 16.8 Å². The number of rotatable bonds is 3. The van der Waals surface area contributed by atoms with E-state index in [1.54, 1.807) is 24.5 Å². The average molecular weight is 225 g/mol. The van der Waals surface area contributed by atoms with Crippen molar-refractivity contribution in [2.75, 3.05) is 0 Å². The Morgan fingerprint density at radius 1 is 1.40 bits per heavy atom. The lowest BCUT2D eigenvalue weighted by molar-refractivity contribution is -0.136. The molecule has 0 atom stereocenters. The minimum absolute atomic E-state index is 0.0734. The molecule has 0 aliphatic rings. The molecular formula is C11H9ClO3. The van der Waals surface area contributed by atoms with E-state index in [0.29, 0.717) is 11.4 Å².